The number of halogens is 1. The zero-order chi connectivity index (χ0) is 13.2. The minimum absolute atomic E-state index is 0.187. The lowest BCUT2D eigenvalue weighted by Gasteiger charge is -1.95. The number of nitrogen functional groups attached to an aromatic ring is 1. The lowest BCUT2D eigenvalue weighted by Crippen LogP contribution is -1.89. The lowest BCUT2D eigenvalue weighted by molar-refractivity contribution is 0.430. The molecule has 2 N–H and O–H groups in total. The lowest BCUT2D eigenvalue weighted by atomic mass is 10.2. The van der Waals surface area contributed by atoms with Gasteiger partial charge in [0.25, 0.3) is 5.89 Å². The summed E-state index contributed by atoms with van der Waals surface area (Å²) < 4.78 is 18.7. The Morgan fingerprint density at radius 1 is 1.11 bits per heavy atom. The molecule has 0 fully saturated rings. The molecule has 0 unspecified atom stereocenters. The van der Waals surface area contributed by atoms with E-state index in [4.69, 9.17) is 10.3 Å². The second-order valence-corrected chi connectivity index (χ2v) is 3.88. The number of nitrogens with two attached hydrogens (primary N) is 1. The average molecular weight is 256 g/mol. The Labute approximate surface area is 107 Å². The monoisotopic (exact) mass is 256 g/mol. The summed E-state index contributed by atoms with van der Waals surface area (Å²) in [7, 11) is 0. The van der Waals surface area contributed by atoms with Crippen molar-refractivity contribution in [2.45, 2.75) is 0 Å². The molecule has 3 aromatic rings. The van der Waals surface area contributed by atoms with Gasteiger partial charge < -0.3 is 10.3 Å². The van der Waals surface area contributed by atoms with Crippen molar-refractivity contribution < 1.29 is 8.91 Å². The average Bonchev–Trinajstić information content (AvgIpc) is 2.89. The largest absolute Gasteiger partial charge is 0.397 e. The summed E-state index contributed by atoms with van der Waals surface area (Å²) in [6.45, 7) is 0. The summed E-state index contributed by atoms with van der Waals surface area (Å²) in [5.41, 5.74) is 6.86. The first kappa shape index (κ1) is 11.3. The van der Waals surface area contributed by atoms with E-state index in [9.17, 15) is 4.39 Å². The van der Waals surface area contributed by atoms with Gasteiger partial charge in [-0.3, -0.25) is 0 Å². The zero-order valence-electron chi connectivity index (χ0n) is 9.75. The van der Waals surface area contributed by atoms with Crippen molar-refractivity contribution in [3.8, 4) is 23.0 Å². The van der Waals surface area contributed by atoms with Gasteiger partial charge in [0.1, 0.15) is 11.5 Å². The van der Waals surface area contributed by atoms with E-state index in [0.29, 0.717) is 11.4 Å². The third kappa shape index (κ3) is 2.15. The highest BCUT2D eigenvalue weighted by Crippen LogP contribution is 2.23. The number of nitrogens with zero attached hydrogens (tertiary/aromatic N) is 3. The molecule has 6 heteroatoms. The highest BCUT2D eigenvalue weighted by Gasteiger charge is 2.14. The molecule has 0 saturated carbocycles. The van der Waals surface area contributed by atoms with Crippen LogP contribution in [0.2, 0.25) is 0 Å². The Balaban J connectivity index is 2.00. The van der Waals surface area contributed by atoms with E-state index in [2.05, 4.69) is 15.1 Å². The van der Waals surface area contributed by atoms with Crippen molar-refractivity contribution in [2.75, 3.05) is 5.73 Å². The van der Waals surface area contributed by atoms with Crippen LogP contribution in [0.15, 0.2) is 47.1 Å². The Hall–Kier alpha value is -2.76. The molecule has 1 aromatic carbocycles. The van der Waals surface area contributed by atoms with E-state index >= 15 is 0 Å². The maximum atomic E-state index is 13.6. The molecule has 0 radical (unpaired) electrons. The van der Waals surface area contributed by atoms with Crippen LogP contribution in [0.25, 0.3) is 23.0 Å². The fraction of sp³-hybridized carbons (Fsp3) is 0. The summed E-state index contributed by atoms with van der Waals surface area (Å²) >= 11 is 0. The molecule has 0 saturated heterocycles. The molecule has 0 bridgehead atoms. The van der Waals surface area contributed by atoms with E-state index in [0.717, 1.165) is 0 Å². The predicted molar refractivity (Wildman–Crippen MR) is 67.3 cm³/mol. The standard InChI is InChI=1S/C13H9FN4O/c14-10-4-2-1-3-9(10)12-17-13(19-18-12)11-6-5-8(15)7-16-11/h1-7H,15H2. The first-order valence-electron chi connectivity index (χ1n) is 5.54. The molecule has 0 atom stereocenters. The quantitative estimate of drug-likeness (QED) is 0.762. The molecule has 0 spiro atoms. The third-order valence-electron chi connectivity index (χ3n) is 2.55. The Morgan fingerprint density at radius 2 is 1.95 bits per heavy atom. The van der Waals surface area contributed by atoms with Crippen LogP contribution in [0.1, 0.15) is 0 Å². The van der Waals surface area contributed by atoms with Crippen LogP contribution >= 0.6 is 0 Å². The molecule has 0 amide bonds. The van der Waals surface area contributed by atoms with E-state index in [-0.39, 0.29) is 17.3 Å². The number of hydrogen-bond acceptors (Lipinski definition) is 5. The van der Waals surface area contributed by atoms with Crippen molar-refractivity contribution in [1.29, 1.82) is 0 Å². The van der Waals surface area contributed by atoms with Crippen molar-refractivity contribution in [3.05, 3.63) is 48.4 Å². The Bertz CT molecular complexity index is 709. The molecule has 94 valence electrons. The molecule has 19 heavy (non-hydrogen) atoms. The fourth-order valence-corrected chi connectivity index (χ4v) is 1.61. The molecular formula is C13H9FN4O. The van der Waals surface area contributed by atoms with Gasteiger partial charge in [-0.1, -0.05) is 17.3 Å². The van der Waals surface area contributed by atoms with Gasteiger partial charge >= 0.3 is 0 Å². The number of rotatable bonds is 2. The summed E-state index contributed by atoms with van der Waals surface area (Å²) in [5, 5.41) is 3.75. The predicted octanol–water partition coefficient (Wildman–Crippen LogP) is 2.52. The van der Waals surface area contributed by atoms with Gasteiger partial charge in [0.05, 0.1) is 17.4 Å². The molecule has 0 aliphatic heterocycles. The van der Waals surface area contributed by atoms with E-state index in [1.807, 2.05) is 0 Å². The topological polar surface area (TPSA) is 77.8 Å². The van der Waals surface area contributed by atoms with E-state index in [1.54, 1.807) is 30.3 Å². The van der Waals surface area contributed by atoms with Crippen molar-refractivity contribution in [3.63, 3.8) is 0 Å². The second kappa shape index (κ2) is 4.49. The van der Waals surface area contributed by atoms with Gasteiger partial charge in [-0.2, -0.15) is 4.98 Å². The highest BCUT2D eigenvalue weighted by atomic mass is 19.1. The molecule has 0 aliphatic rings. The molecular weight excluding hydrogens is 247 g/mol. The van der Waals surface area contributed by atoms with Crippen LogP contribution in [0, 0.1) is 5.82 Å². The maximum absolute atomic E-state index is 13.6. The normalized spacial score (nSPS) is 10.6. The molecule has 2 aromatic heterocycles. The molecule has 5 nitrogen and oxygen atoms in total. The van der Waals surface area contributed by atoms with Crippen LogP contribution in [-0.2, 0) is 0 Å². The van der Waals surface area contributed by atoms with Crippen LogP contribution < -0.4 is 5.73 Å². The minimum Gasteiger partial charge on any atom is -0.397 e. The van der Waals surface area contributed by atoms with Crippen LogP contribution in [-0.4, -0.2) is 15.1 Å². The van der Waals surface area contributed by atoms with Crippen LogP contribution in [0.5, 0.6) is 0 Å². The molecule has 2 heterocycles. The molecule has 3 rings (SSSR count). The van der Waals surface area contributed by atoms with E-state index < -0.39 is 5.82 Å². The first-order chi connectivity index (χ1) is 9.24. The van der Waals surface area contributed by atoms with Gasteiger partial charge in [-0.05, 0) is 24.3 Å². The first-order valence-corrected chi connectivity index (χ1v) is 5.54. The number of aromatic nitrogens is 3. The summed E-state index contributed by atoms with van der Waals surface area (Å²) in [5.74, 6) is 0.00472. The Morgan fingerprint density at radius 3 is 2.68 bits per heavy atom. The van der Waals surface area contributed by atoms with Gasteiger partial charge in [0, 0.05) is 0 Å². The summed E-state index contributed by atoms with van der Waals surface area (Å²) in [6, 6.07) is 9.56. The van der Waals surface area contributed by atoms with Gasteiger partial charge in [0.15, 0.2) is 0 Å². The summed E-state index contributed by atoms with van der Waals surface area (Å²) in [4.78, 5) is 8.18. The highest BCUT2D eigenvalue weighted by molar-refractivity contribution is 5.58. The Kier molecular flexibility index (Phi) is 2.68. The molecule has 0 aliphatic carbocycles. The van der Waals surface area contributed by atoms with Gasteiger partial charge in [-0.25, -0.2) is 9.37 Å². The van der Waals surface area contributed by atoms with Gasteiger partial charge in [0.2, 0.25) is 5.82 Å². The minimum atomic E-state index is -0.403. The zero-order valence-corrected chi connectivity index (χ0v) is 9.75. The van der Waals surface area contributed by atoms with Crippen molar-refractivity contribution in [2.24, 2.45) is 0 Å². The van der Waals surface area contributed by atoms with Crippen molar-refractivity contribution in [1.82, 2.24) is 15.1 Å². The van der Waals surface area contributed by atoms with Crippen LogP contribution in [0.3, 0.4) is 0 Å². The van der Waals surface area contributed by atoms with Gasteiger partial charge in [-0.15, -0.1) is 0 Å². The smallest absolute Gasteiger partial charge is 0.276 e. The number of anilines is 1. The van der Waals surface area contributed by atoms with E-state index in [1.165, 1.54) is 12.3 Å². The van der Waals surface area contributed by atoms with Crippen molar-refractivity contribution >= 4 is 5.69 Å². The van der Waals surface area contributed by atoms with Crippen LogP contribution in [0.4, 0.5) is 10.1 Å². The number of pyridine rings is 1. The maximum Gasteiger partial charge on any atom is 0.276 e. The number of benzene rings is 1. The fourth-order valence-electron chi connectivity index (χ4n) is 1.61. The summed E-state index contributed by atoms with van der Waals surface area (Å²) in [6.07, 6.45) is 1.49. The second-order valence-electron chi connectivity index (χ2n) is 3.88. The SMILES string of the molecule is Nc1ccc(-c2nc(-c3ccccc3F)no2)nc1. The number of hydrogen-bond donors (Lipinski definition) is 1. The third-order valence-corrected chi connectivity index (χ3v) is 2.55.